The molecule has 0 radical (unpaired) electrons. The first-order valence-corrected chi connectivity index (χ1v) is 10.2. The molecule has 2 rings (SSSR count). The normalized spacial score (nSPS) is 13.3. The van der Waals surface area contributed by atoms with E-state index in [1.54, 1.807) is 0 Å². The average Bonchev–Trinajstić information content (AvgIpc) is 2.56. The summed E-state index contributed by atoms with van der Waals surface area (Å²) < 4.78 is 6.57. The van der Waals surface area contributed by atoms with Crippen molar-refractivity contribution >= 4 is 18.7 Å². The van der Waals surface area contributed by atoms with Crippen LogP contribution in [0.2, 0.25) is 5.04 Å². The highest BCUT2D eigenvalue weighted by molar-refractivity contribution is 6.99. The molecule has 1 atom stereocenters. The number of benzene rings is 2. The molecule has 0 unspecified atom stereocenters. The summed E-state index contributed by atoms with van der Waals surface area (Å²) in [5, 5.41) is 12.4. The molecule has 0 spiro atoms. The van der Waals surface area contributed by atoms with Crippen LogP contribution in [0, 0.1) is 12.3 Å². The Kier molecular flexibility index (Phi) is 6.01. The lowest BCUT2D eigenvalue weighted by atomic mass is 10.2. The highest BCUT2D eigenvalue weighted by Gasteiger charge is 2.50. The van der Waals surface area contributed by atoms with E-state index in [1.807, 2.05) is 36.4 Å². The van der Waals surface area contributed by atoms with Gasteiger partial charge in [0.25, 0.3) is 8.32 Å². The van der Waals surface area contributed by atoms with Crippen molar-refractivity contribution in [3.05, 3.63) is 60.7 Å². The largest absolute Gasteiger partial charge is 0.405 e. The molecular formula is C21H26O2Si. The lowest BCUT2D eigenvalue weighted by Gasteiger charge is -2.43. The maximum Gasteiger partial charge on any atom is 0.261 e. The summed E-state index contributed by atoms with van der Waals surface area (Å²) in [5.74, 6) is 2.51. The Morgan fingerprint density at radius 3 is 1.83 bits per heavy atom. The van der Waals surface area contributed by atoms with Gasteiger partial charge in [-0.2, -0.15) is 0 Å². The van der Waals surface area contributed by atoms with Gasteiger partial charge in [-0.15, -0.1) is 12.3 Å². The van der Waals surface area contributed by atoms with E-state index < -0.39 is 14.4 Å². The first-order valence-electron chi connectivity index (χ1n) is 8.28. The molecule has 0 aliphatic carbocycles. The molecule has 2 nitrogen and oxygen atoms in total. The van der Waals surface area contributed by atoms with Crippen LogP contribution in [-0.4, -0.2) is 26.1 Å². The Bertz CT molecular complexity index is 629. The van der Waals surface area contributed by atoms with E-state index in [0.717, 1.165) is 0 Å². The Morgan fingerprint density at radius 1 is 1.00 bits per heavy atom. The van der Waals surface area contributed by atoms with Crippen LogP contribution in [0.4, 0.5) is 0 Å². The van der Waals surface area contributed by atoms with Crippen LogP contribution in [0.5, 0.6) is 0 Å². The average molecular weight is 339 g/mol. The van der Waals surface area contributed by atoms with Crippen molar-refractivity contribution in [2.24, 2.45) is 0 Å². The highest BCUT2D eigenvalue weighted by Crippen LogP contribution is 2.36. The van der Waals surface area contributed by atoms with Crippen LogP contribution in [0.15, 0.2) is 60.7 Å². The molecule has 0 heterocycles. The molecule has 0 saturated heterocycles. The summed E-state index contributed by atoms with van der Waals surface area (Å²) in [6.07, 6.45) is 4.98. The summed E-state index contributed by atoms with van der Waals surface area (Å²) in [6.45, 7) is 6.89. The predicted octanol–water partition coefficient (Wildman–Crippen LogP) is 2.95. The van der Waals surface area contributed by atoms with E-state index in [9.17, 15) is 5.11 Å². The second-order valence-electron chi connectivity index (χ2n) is 7.04. The fourth-order valence-electron chi connectivity index (χ4n) is 3.18. The van der Waals surface area contributed by atoms with Gasteiger partial charge in [-0.25, -0.2) is 0 Å². The van der Waals surface area contributed by atoms with Crippen LogP contribution in [0.3, 0.4) is 0 Å². The minimum absolute atomic E-state index is 0.0917. The number of aliphatic hydroxyl groups is 1. The van der Waals surface area contributed by atoms with Gasteiger partial charge in [0, 0.05) is 6.42 Å². The minimum atomic E-state index is -2.57. The zero-order chi connectivity index (χ0) is 17.6. The van der Waals surface area contributed by atoms with Crippen LogP contribution in [-0.2, 0) is 4.43 Å². The van der Waals surface area contributed by atoms with Gasteiger partial charge in [0.1, 0.15) is 0 Å². The molecule has 2 aromatic rings. The number of hydrogen-bond acceptors (Lipinski definition) is 2. The van der Waals surface area contributed by atoms with Crippen LogP contribution < -0.4 is 10.4 Å². The van der Waals surface area contributed by atoms with Gasteiger partial charge in [-0.3, -0.25) is 0 Å². The first kappa shape index (κ1) is 18.5. The van der Waals surface area contributed by atoms with Crippen molar-refractivity contribution in [1.82, 2.24) is 0 Å². The Labute approximate surface area is 146 Å². The zero-order valence-electron chi connectivity index (χ0n) is 14.7. The smallest absolute Gasteiger partial charge is 0.261 e. The predicted molar refractivity (Wildman–Crippen MR) is 103 cm³/mol. The fourth-order valence-corrected chi connectivity index (χ4v) is 7.78. The van der Waals surface area contributed by atoms with Gasteiger partial charge in [0.15, 0.2) is 0 Å². The molecule has 0 fully saturated rings. The van der Waals surface area contributed by atoms with Gasteiger partial charge in [0.05, 0.1) is 12.7 Å². The maximum atomic E-state index is 10.1. The standard InChI is InChI=1S/C21H26O2Si/c1-5-12-18(22)17-23-24(21(2,3)4,19-13-8-6-9-14-19)20-15-10-7-11-16-20/h1,6-11,13-16,18,22H,12,17H2,2-4H3/t18-/m1/s1. The van der Waals surface area contributed by atoms with E-state index in [-0.39, 0.29) is 11.6 Å². The van der Waals surface area contributed by atoms with Gasteiger partial charge in [-0.1, -0.05) is 81.4 Å². The van der Waals surface area contributed by atoms with Gasteiger partial charge in [-0.05, 0) is 15.4 Å². The molecule has 1 N–H and O–H groups in total. The Hall–Kier alpha value is -1.86. The molecule has 0 bridgehead atoms. The lowest BCUT2D eigenvalue weighted by molar-refractivity contribution is 0.106. The number of rotatable bonds is 6. The van der Waals surface area contributed by atoms with E-state index in [4.69, 9.17) is 10.8 Å². The molecule has 0 saturated carbocycles. The van der Waals surface area contributed by atoms with Crippen molar-refractivity contribution in [2.45, 2.75) is 38.3 Å². The molecule has 0 aliphatic rings. The third-order valence-corrected chi connectivity index (χ3v) is 9.27. The van der Waals surface area contributed by atoms with E-state index in [0.29, 0.717) is 6.42 Å². The summed E-state index contributed by atoms with van der Waals surface area (Å²) in [4.78, 5) is 0. The number of hydrogen-bond donors (Lipinski definition) is 1. The molecule has 0 aliphatic heterocycles. The lowest BCUT2D eigenvalue weighted by Crippen LogP contribution is -2.67. The summed E-state index contributed by atoms with van der Waals surface area (Å²) >= 11 is 0. The van der Waals surface area contributed by atoms with E-state index >= 15 is 0 Å². The van der Waals surface area contributed by atoms with Gasteiger partial charge >= 0.3 is 0 Å². The van der Waals surface area contributed by atoms with Crippen LogP contribution in [0.1, 0.15) is 27.2 Å². The fraction of sp³-hybridized carbons (Fsp3) is 0.333. The Balaban J connectivity index is 2.56. The quantitative estimate of drug-likeness (QED) is 0.648. The maximum absolute atomic E-state index is 10.1. The monoisotopic (exact) mass is 338 g/mol. The topological polar surface area (TPSA) is 29.5 Å². The summed E-state index contributed by atoms with van der Waals surface area (Å²) in [5.41, 5.74) is 0. The second kappa shape index (κ2) is 7.81. The molecule has 126 valence electrons. The van der Waals surface area contributed by atoms with Crippen molar-refractivity contribution in [2.75, 3.05) is 6.61 Å². The number of aliphatic hydroxyl groups excluding tert-OH is 1. The van der Waals surface area contributed by atoms with Crippen molar-refractivity contribution in [3.8, 4) is 12.3 Å². The SMILES string of the molecule is C#CC[C@@H](O)CO[Si](c1ccccc1)(c1ccccc1)C(C)(C)C. The van der Waals surface area contributed by atoms with Gasteiger partial charge < -0.3 is 9.53 Å². The van der Waals surface area contributed by atoms with E-state index in [2.05, 4.69) is 51.0 Å². The zero-order valence-corrected chi connectivity index (χ0v) is 15.7. The molecule has 0 aromatic heterocycles. The second-order valence-corrected chi connectivity index (χ2v) is 11.3. The molecule has 24 heavy (non-hydrogen) atoms. The van der Waals surface area contributed by atoms with E-state index in [1.165, 1.54) is 10.4 Å². The molecule has 0 amide bonds. The first-order chi connectivity index (χ1) is 11.4. The van der Waals surface area contributed by atoms with Crippen molar-refractivity contribution in [1.29, 1.82) is 0 Å². The van der Waals surface area contributed by atoms with Crippen LogP contribution in [0.25, 0.3) is 0 Å². The van der Waals surface area contributed by atoms with Crippen molar-refractivity contribution < 1.29 is 9.53 Å². The van der Waals surface area contributed by atoms with Gasteiger partial charge in [0.2, 0.25) is 0 Å². The summed E-state index contributed by atoms with van der Waals surface area (Å²) in [6, 6.07) is 20.8. The minimum Gasteiger partial charge on any atom is -0.405 e. The third kappa shape index (κ3) is 3.79. The molecule has 3 heteroatoms. The summed E-state index contributed by atoms with van der Waals surface area (Å²) in [7, 11) is -2.57. The molecule has 2 aromatic carbocycles. The Morgan fingerprint density at radius 2 is 1.46 bits per heavy atom. The highest BCUT2D eigenvalue weighted by atomic mass is 28.4. The van der Waals surface area contributed by atoms with Crippen molar-refractivity contribution in [3.63, 3.8) is 0 Å². The number of terminal acetylenes is 1. The van der Waals surface area contributed by atoms with Crippen LogP contribution >= 0.6 is 0 Å². The third-order valence-electron chi connectivity index (χ3n) is 4.26. The molecular weight excluding hydrogens is 312 g/mol.